The van der Waals surface area contributed by atoms with Crippen LogP contribution in [0.5, 0.6) is 0 Å². The number of amides is 1. The lowest BCUT2D eigenvalue weighted by Crippen LogP contribution is -2.24. The van der Waals surface area contributed by atoms with Gasteiger partial charge in [-0.3, -0.25) is 4.79 Å². The minimum absolute atomic E-state index is 0.0944. The van der Waals surface area contributed by atoms with E-state index in [1.54, 1.807) is 18.2 Å². The van der Waals surface area contributed by atoms with Gasteiger partial charge in [0.15, 0.2) is 6.29 Å². The molecule has 0 saturated heterocycles. The third kappa shape index (κ3) is 5.17. The maximum absolute atomic E-state index is 11.5. The quantitative estimate of drug-likeness (QED) is 0.691. The first-order valence-electron chi connectivity index (χ1n) is 6.88. The molecule has 0 heterocycles. The number of aldehydes is 1. The van der Waals surface area contributed by atoms with Gasteiger partial charge in [-0.05, 0) is 11.6 Å². The van der Waals surface area contributed by atoms with Crippen LogP contribution in [-0.2, 0) is 11.3 Å². The number of hydrogen-bond donors (Lipinski definition) is 1. The molecule has 0 spiro atoms. The number of ether oxygens (including phenoxy) is 1. The number of rotatable bonds is 4. The molecule has 0 fully saturated rings. The lowest BCUT2D eigenvalue weighted by atomic mass is 10.1. The highest BCUT2D eigenvalue weighted by Crippen LogP contribution is 2.17. The van der Waals surface area contributed by atoms with Gasteiger partial charge in [-0.1, -0.05) is 65.9 Å². The minimum atomic E-state index is -0.557. The Morgan fingerprint density at radius 2 is 1.96 bits per heavy atom. The van der Waals surface area contributed by atoms with Crippen molar-refractivity contribution in [2.24, 2.45) is 0 Å². The zero-order valence-corrected chi connectivity index (χ0v) is 13.0. The molecule has 0 saturated carbocycles. The summed E-state index contributed by atoms with van der Waals surface area (Å²) in [5, 5.41) is 2.91. The molecule has 2 rings (SSSR count). The summed E-state index contributed by atoms with van der Waals surface area (Å²) in [5.74, 6) is 5.52. The van der Waals surface area contributed by atoms with Crippen molar-refractivity contribution in [2.45, 2.75) is 6.61 Å². The van der Waals surface area contributed by atoms with Crippen molar-refractivity contribution >= 4 is 24.0 Å². The third-order valence-corrected chi connectivity index (χ3v) is 3.24. The third-order valence-electron chi connectivity index (χ3n) is 2.92. The van der Waals surface area contributed by atoms with Crippen molar-refractivity contribution in [1.29, 1.82) is 0 Å². The van der Waals surface area contributed by atoms with Crippen LogP contribution in [-0.4, -0.2) is 18.9 Å². The number of carbonyl (C=O) groups is 2. The monoisotopic (exact) mass is 327 g/mol. The molecule has 0 aliphatic rings. The summed E-state index contributed by atoms with van der Waals surface area (Å²) in [6.07, 6.45) is 0.134. The van der Waals surface area contributed by atoms with Crippen LogP contribution in [0, 0.1) is 11.8 Å². The second-order valence-electron chi connectivity index (χ2n) is 4.54. The zero-order valence-electron chi connectivity index (χ0n) is 12.2. The first-order chi connectivity index (χ1) is 11.2. The van der Waals surface area contributed by atoms with E-state index < -0.39 is 6.09 Å². The highest BCUT2D eigenvalue weighted by atomic mass is 35.5. The van der Waals surface area contributed by atoms with Gasteiger partial charge in [-0.2, -0.15) is 0 Å². The molecule has 4 nitrogen and oxygen atoms in total. The Bertz CT molecular complexity index is 748. The maximum atomic E-state index is 11.5. The Hall–Kier alpha value is -2.77. The van der Waals surface area contributed by atoms with Crippen LogP contribution in [0.1, 0.15) is 21.5 Å². The van der Waals surface area contributed by atoms with E-state index in [0.717, 1.165) is 5.56 Å². The Balaban J connectivity index is 1.84. The molecule has 0 radical (unpaired) electrons. The second-order valence-corrected chi connectivity index (χ2v) is 4.95. The molecule has 23 heavy (non-hydrogen) atoms. The summed E-state index contributed by atoms with van der Waals surface area (Å²) in [5.41, 5.74) is 1.76. The smallest absolute Gasteiger partial charge is 0.408 e. The van der Waals surface area contributed by atoms with Crippen LogP contribution in [0.25, 0.3) is 0 Å². The van der Waals surface area contributed by atoms with Crippen molar-refractivity contribution in [3.63, 3.8) is 0 Å². The molecule has 5 heteroatoms. The first kappa shape index (κ1) is 16.6. The molecule has 0 unspecified atom stereocenters. The Morgan fingerprint density at radius 1 is 1.17 bits per heavy atom. The average Bonchev–Trinajstić information content (AvgIpc) is 2.58. The van der Waals surface area contributed by atoms with Gasteiger partial charge in [-0.15, -0.1) is 0 Å². The molecule has 2 aromatic rings. The molecule has 0 aromatic heterocycles. The SMILES string of the molecule is O=Cc1cccc(Cl)c1C#CCNC(=O)OCc1ccccc1. The minimum Gasteiger partial charge on any atom is -0.445 e. The van der Waals surface area contributed by atoms with Gasteiger partial charge in [0, 0.05) is 5.56 Å². The molecule has 1 N–H and O–H groups in total. The van der Waals surface area contributed by atoms with Crippen LogP contribution in [0.4, 0.5) is 4.79 Å². The van der Waals surface area contributed by atoms with E-state index >= 15 is 0 Å². The summed E-state index contributed by atoms with van der Waals surface area (Å²) in [7, 11) is 0. The molecular formula is C18H14ClNO3. The van der Waals surface area contributed by atoms with E-state index in [2.05, 4.69) is 17.2 Å². The molecular weight excluding hydrogens is 314 g/mol. The number of hydrogen-bond acceptors (Lipinski definition) is 3. The van der Waals surface area contributed by atoms with Gasteiger partial charge >= 0.3 is 6.09 Å². The van der Waals surface area contributed by atoms with Crippen LogP contribution >= 0.6 is 11.6 Å². The lowest BCUT2D eigenvalue weighted by molar-refractivity contribution is 0.112. The van der Waals surface area contributed by atoms with Gasteiger partial charge in [0.05, 0.1) is 17.1 Å². The zero-order chi connectivity index (χ0) is 16.5. The van der Waals surface area contributed by atoms with Crippen molar-refractivity contribution in [3.8, 4) is 11.8 Å². The summed E-state index contributed by atoms with van der Waals surface area (Å²) in [6, 6.07) is 14.3. The van der Waals surface area contributed by atoms with Crippen molar-refractivity contribution in [3.05, 3.63) is 70.2 Å². The molecule has 0 bridgehead atoms. The van der Waals surface area contributed by atoms with Gasteiger partial charge in [-0.25, -0.2) is 4.79 Å². The van der Waals surface area contributed by atoms with Gasteiger partial charge < -0.3 is 10.1 Å². The molecule has 116 valence electrons. The van der Waals surface area contributed by atoms with E-state index in [0.29, 0.717) is 22.4 Å². The van der Waals surface area contributed by atoms with Gasteiger partial charge in [0.1, 0.15) is 6.61 Å². The highest BCUT2D eigenvalue weighted by Gasteiger charge is 2.03. The van der Waals surface area contributed by atoms with E-state index in [1.165, 1.54) is 0 Å². The van der Waals surface area contributed by atoms with Crippen molar-refractivity contribution in [1.82, 2.24) is 5.32 Å². The van der Waals surface area contributed by atoms with Gasteiger partial charge in [0.25, 0.3) is 0 Å². The average molecular weight is 328 g/mol. The highest BCUT2D eigenvalue weighted by molar-refractivity contribution is 6.32. The normalized spacial score (nSPS) is 9.43. The van der Waals surface area contributed by atoms with Crippen LogP contribution in [0.2, 0.25) is 5.02 Å². The van der Waals surface area contributed by atoms with Crippen molar-refractivity contribution in [2.75, 3.05) is 6.54 Å². The van der Waals surface area contributed by atoms with E-state index in [-0.39, 0.29) is 13.2 Å². The number of nitrogens with one attached hydrogen (secondary N) is 1. The Kier molecular flexibility index (Phi) is 6.22. The standard InChI is InChI=1S/C18H14ClNO3/c19-17-10-4-8-15(12-21)16(17)9-5-11-20-18(22)23-13-14-6-2-1-3-7-14/h1-4,6-8,10,12H,11,13H2,(H,20,22). The Morgan fingerprint density at radius 3 is 2.70 bits per heavy atom. The first-order valence-corrected chi connectivity index (χ1v) is 7.25. The van der Waals surface area contributed by atoms with Crippen LogP contribution < -0.4 is 5.32 Å². The maximum Gasteiger partial charge on any atom is 0.408 e. The summed E-state index contributed by atoms with van der Waals surface area (Å²) in [6.45, 7) is 0.289. The largest absolute Gasteiger partial charge is 0.445 e. The fourth-order valence-electron chi connectivity index (χ4n) is 1.79. The predicted molar refractivity (Wildman–Crippen MR) is 88.3 cm³/mol. The molecule has 1 amide bonds. The fourth-order valence-corrected chi connectivity index (χ4v) is 2.02. The number of carbonyl (C=O) groups excluding carboxylic acids is 2. The van der Waals surface area contributed by atoms with Crippen LogP contribution in [0.15, 0.2) is 48.5 Å². The number of benzene rings is 2. The predicted octanol–water partition coefficient (Wildman–Crippen LogP) is 3.43. The van der Waals surface area contributed by atoms with Crippen LogP contribution in [0.3, 0.4) is 0 Å². The summed E-state index contributed by atoms with van der Waals surface area (Å²) < 4.78 is 5.05. The second kappa shape index (κ2) is 8.62. The Labute approximate surface area is 139 Å². The van der Waals surface area contributed by atoms with Gasteiger partial charge in [0.2, 0.25) is 0 Å². The van der Waals surface area contributed by atoms with Crippen molar-refractivity contribution < 1.29 is 14.3 Å². The van der Waals surface area contributed by atoms with E-state index in [1.807, 2.05) is 30.3 Å². The molecule has 0 aliphatic heterocycles. The van der Waals surface area contributed by atoms with E-state index in [9.17, 15) is 9.59 Å². The lowest BCUT2D eigenvalue weighted by Gasteiger charge is -2.04. The molecule has 0 aliphatic carbocycles. The fraction of sp³-hybridized carbons (Fsp3) is 0.111. The number of alkyl carbamates (subject to hydrolysis) is 1. The molecule has 2 aromatic carbocycles. The topological polar surface area (TPSA) is 55.4 Å². The summed E-state index contributed by atoms with van der Waals surface area (Å²) in [4.78, 5) is 22.5. The van der Waals surface area contributed by atoms with E-state index in [4.69, 9.17) is 16.3 Å². The summed E-state index contributed by atoms with van der Waals surface area (Å²) >= 11 is 5.99. The molecule has 0 atom stereocenters. The number of halogens is 1.